The minimum absolute atomic E-state index is 0.268. The molecule has 0 spiro atoms. The van der Waals surface area contributed by atoms with E-state index < -0.39 is 0 Å². The Hall–Kier alpha value is -1.20. The monoisotopic (exact) mass is 330 g/mol. The van der Waals surface area contributed by atoms with E-state index in [0.29, 0.717) is 6.04 Å². The summed E-state index contributed by atoms with van der Waals surface area (Å²) in [4.78, 5) is 6.48. The van der Waals surface area contributed by atoms with Gasteiger partial charge in [-0.15, -0.1) is 11.3 Å². The fourth-order valence-electron chi connectivity index (χ4n) is 3.29. The van der Waals surface area contributed by atoms with Gasteiger partial charge in [-0.25, -0.2) is 0 Å². The maximum atomic E-state index is 9.43. The van der Waals surface area contributed by atoms with E-state index in [0.717, 1.165) is 39.1 Å². The van der Waals surface area contributed by atoms with E-state index in [1.54, 1.807) is 0 Å². The van der Waals surface area contributed by atoms with Crippen LogP contribution in [0.2, 0.25) is 0 Å². The van der Waals surface area contributed by atoms with Crippen LogP contribution in [-0.2, 0) is 13.1 Å². The lowest BCUT2D eigenvalue weighted by atomic mass is 10.1. The van der Waals surface area contributed by atoms with E-state index in [2.05, 4.69) is 58.5 Å². The molecule has 1 unspecified atom stereocenters. The Balaban J connectivity index is 1.60. The molecule has 2 aromatic rings. The van der Waals surface area contributed by atoms with Gasteiger partial charge in [-0.1, -0.05) is 35.9 Å². The molecule has 2 heterocycles. The van der Waals surface area contributed by atoms with E-state index in [1.165, 1.54) is 16.0 Å². The van der Waals surface area contributed by atoms with Gasteiger partial charge in [-0.3, -0.25) is 9.80 Å². The number of aryl methyl sites for hydroxylation is 1. The molecule has 0 radical (unpaired) electrons. The fraction of sp³-hybridized carbons (Fsp3) is 0.474. The molecule has 1 aromatic heterocycles. The molecule has 23 heavy (non-hydrogen) atoms. The molecule has 1 saturated heterocycles. The number of aliphatic hydroxyl groups is 1. The highest BCUT2D eigenvalue weighted by atomic mass is 32.1. The third kappa shape index (κ3) is 4.64. The summed E-state index contributed by atoms with van der Waals surface area (Å²) in [5.74, 6) is 0. The van der Waals surface area contributed by atoms with Crippen LogP contribution in [0.4, 0.5) is 0 Å². The molecule has 1 fully saturated rings. The van der Waals surface area contributed by atoms with E-state index in [-0.39, 0.29) is 6.61 Å². The molecular weight excluding hydrogens is 304 g/mol. The van der Waals surface area contributed by atoms with Crippen LogP contribution in [0.3, 0.4) is 0 Å². The average molecular weight is 330 g/mol. The Morgan fingerprint density at radius 1 is 1.13 bits per heavy atom. The normalized spacial score (nSPS) is 20.0. The van der Waals surface area contributed by atoms with Crippen molar-refractivity contribution >= 4 is 11.3 Å². The molecule has 3 nitrogen and oxygen atoms in total. The predicted molar refractivity (Wildman–Crippen MR) is 96.7 cm³/mol. The number of rotatable bonds is 6. The summed E-state index contributed by atoms with van der Waals surface area (Å²) >= 11 is 1.82. The molecule has 0 aliphatic carbocycles. The zero-order valence-corrected chi connectivity index (χ0v) is 14.6. The summed E-state index contributed by atoms with van der Waals surface area (Å²) in [6, 6.07) is 13.6. The van der Waals surface area contributed by atoms with Crippen LogP contribution >= 0.6 is 11.3 Å². The number of hydrogen-bond donors (Lipinski definition) is 1. The van der Waals surface area contributed by atoms with Gasteiger partial charge >= 0.3 is 0 Å². The van der Waals surface area contributed by atoms with Crippen molar-refractivity contribution in [2.24, 2.45) is 0 Å². The second kappa shape index (κ2) is 8.06. The Bertz CT molecular complexity index is 582. The molecule has 1 aromatic carbocycles. The zero-order valence-electron chi connectivity index (χ0n) is 13.8. The van der Waals surface area contributed by atoms with Gasteiger partial charge in [0.15, 0.2) is 0 Å². The lowest BCUT2D eigenvalue weighted by molar-refractivity contribution is 0.0506. The molecule has 0 saturated carbocycles. The molecule has 0 amide bonds. The molecule has 1 aliphatic rings. The highest BCUT2D eigenvalue weighted by Gasteiger charge is 2.26. The van der Waals surface area contributed by atoms with Crippen LogP contribution < -0.4 is 0 Å². The standard InChI is InChI=1S/C19H26N2OS/c1-16-4-6-17(7-5-16)13-20-9-10-21(18(14-20)8-11-22)15-19-3-2-12-23-19/h2-7,12,18,22H,8-11,13-15H2,1H3. The summed E-state index contributed by atoms with van der Waals surface area (Å²) in [5, 5.41) is 11.6. The largest absolute Gasteiger partial charge is 0.396 e. The topological polar surface area (TPSA) is 26.7 Å². The first-order chi connectivity index (χ1) is 11.2. The molecular formula is C19H26N2OS. The van der Waals surface area contributed by atoms with Crippen molar-refractivity contribution in [3.8, 4) is 0 Å². The minimum Gasteiger partial charge on any atom is -0.396 e. The smallest absolute Gasteiger partial charge is 0.0446 e. The minimum atomic E-state index is 0.268. The Kier molecular flexibility index (Phi) is 5.84. The van der Waals surface area contributed by atoms with Gasteiger partial charge < -0.3 is 5.11 Å². The van der Waals surface area contributed by atoms with Gasteiger partial charge in [0.25, 0.3) is 0 Å². The van der Waals surface area contributed by atoms with Gasteiger partial charge in [0.2, 0.25) is 0 Å². The number of piperazine rings is 1. The van der Waals surface area contributed by atoms with E-state index in [4.69, 9.17) is 0 Å². The van der Waals surface area contributed by atoms with Crippen molar-refractivity contribution in [1.82, 2.24) is 9.80 Å². The number of hydrogen-bond acceptors (Lipinski definition) is 4. The Labute approximate surface area is 143 Å². The molecule has 4 heteroatoms. The van der Waals surface area contributed by atoms with Gasteiger partial charge in [-0.2, -0.15) is 0 Å². The molecule has 1 aliphatic heterocycles. The van der Waals surface area contributed by atoms with Gasteiger partial charge in [0, 0.05) is 50.2 Å². The van der Waals surface area contributed by atoms with Crippen LogP contribution in [0.25, 0.3) is 0 Å². The van der Waals surface area contributed by atoms with E-state index in [9.17, 15) is 5.11 Å². The van der Waals surface area contributed by atoms with Crippen molar-refractivity contribution in [2.45, 2.75) is 32.5 Å². The summed E-state index contributed by atoms with van der Waals surface area (Å²) in [6.07, 6.45) is 0.857. The number of aliphatic hydroxyl groups excluding tert-OH is 1. The first-order valence-electron chi connectivity index (χ1n) is 8.40. The zero-order chi connectivity index (χ0) is 16.1. The van der Waals surface area contributed by atoms with E-state index in [1.807, 2.05) is 11.3 Å². The Morgan fingerprint density at radius 3 is 2.65 bits per heavy atom. The van der Waals surface area contributed by atoms with Crippen molar-refractivity contribution in [3.63, 3.8) is 0 Å². The lowest BCUT2D eigenvalue weighted by Crippen LogP contribution is -2.52. The maximum Gasteiger partial charge on any atom is 0.0446 e. The molecule has 0 bridgehead atoms. The van der Waals surface area contributed by atoms with Gasteiger partial charge in [0.1, 0.15) is 0 Å². The average Bonchev–Trinajstić information content (AvgIpc) is 3.05. The van der Waals surface area contributed by atoms with Crippen molar-refractivity contribution < 1.29 is 5.11 Å². The Morgan fingerprint density at radius 2 is 1.96 bits per heavy atom. The third-order valence-electron chi connectivity index (χ3n) is 4.62. The van der Waals surface area contributed by atoms with Gasteiger partial charge in [-0.05, 0) is 30.4 Å². The van der Waals surface area contributed by atoms with Gasteiger partial charge in [0.05, 0.1) is 0 Å². The SMILES string of the molecule is Cc1ccc(CN2CCN(Cc3cccs3)C(CCO)C2)cc1. The number of benzene rings is 1. The number of thiophene rings is 1. The van der Waals surface area contributed by atoms with Crippen molar-refractivity contribution in [3.05, 3.63) is 57.8 Å². The second-order valence-corrected chi connectivity index (χ2v) is 7.47. The predicted octanol–water partition coefficient (Wildman–Crippen LogP) is 3.13. The fourth-order valence-corrected chi connectivity index (χ4v) is 4.02. The van der Waals surface area contributed by atoms with Crippen LogP contribution in [0.5, 0.6) is 0 Å². The summed E-state index contributed by atoms with van der Waals surface area (Å²) in [5.41, 5.74) is 2.69. The van der Waals surface area contributed by atoms with Crippen molar-refractivity contribution in [2.75, 3.05) is 26.2 Å². The van der Waals surface area contributed by atoms with Crippen molar-refractivity contribution in [1.29, 1.82) is 0 Å². The van der Waals surface area contributed by atoms with Crippen LogP contribution in [-0.4, -0.2) is 47.2 Å². The summed E-state index contributed by atoms with van der Waals surface area (Å²) < 4.78 is 0. The second-order valence-electron chi connectivity index (χ2n) is 6.44. The molecule has 1 N–H and O–H groups in total. The highest BCUT2D eigenvalue weighted by Crippen LogP contribution is 2.20. The quantitative estimate of drug-likeness (QED) is 0.881. The summed E-state index contributed by atoms with van der Waals surface area (Å²) in [7, 11) is 0. The van der Waals surface area contributed by atoms with Crippen LogP contribution in [0, 0.1) is 6.92 Å². The lowest BCUT2D eigenvalue weighted by Gasteiger charge is -2.41. The maximum absolute atomic E-state index is 9.43. The molecule has 3 rings (SSSR count). The van der Waals surface area contributed by atoms with E-state index >= 15 is 0 Å². The summed E-state index contributed by atoms with van der Waals surface area (Å²) in [6.45, 7) is 7.64. The highest BCUT2D eigenvalue weighted by molar-refractivity contribution is 7.09. The first-order valence-corrected chi connectivity index (χ1v) is 9.28. The third-order valence-corrected chi connectivity index (χ3v) is 5.48. The van der Waals surface area contributed by atoms with Crippen LogP contribution in [0.15, 0.2) is 41.8 Å². The van der Waals surface area contributed by atoms with Crippen LogP contribution in [0.1, 0.15) is 22.4 Å². The molecule has 124 valence electrons. The molecule has 1 atom stereocenters. The first kappa shape index (κ1) is 16.7. The number of nitrogens with zero attached hydrogens (tertiary/aromatic N) is 2.